The summed E-state index contributed by atoms with van der Waals surface area (Å²) >= 11 is 9.21. The molecule has 25 heavy (non-hydrogen) atoms. The highest BCUT2D eigenvalue weighted by Crippen LogP contribution is 2.33. The molecule has 0 atom stereocenters. The fourth-order valence-corrected chi connectivity index (χ4v) is 2.52. The number of ether oxygens (including phenoxy) is 1. The molecule has 3 N–H and O–H groups in total. The summed E-state index contributed by atoms with van der Waals surface area (Å²) < 4.78 is 20.3. The number of aromatic nitrogens is 2. The number of anilines is 3. The largest absolute Gasteiger partial charge is 0.437 e. The predicted octanol–water partition coefficient (Wildman–Crippen LogP) is 5.46. The fourth-order valence-electron chi connectivity index (χ4n) is 2.07. The van der Waals surface area contributed by atoms with E-state index in [0.29, 0.717) is 15.2 Å². The average Bonchev–Trinajstić information content (AvgIpc) is 2.57. The van der Waals surface area contributed by atoms with Crippen molar-refractivity contribution in [2.75, 3.05) is 11.1 Å². The third-order valence-corrected chi connectivity index (χ3v) is 4.29. The van der Waals surface area contributed by atoms with Crippen molar-refractivity contribution in [1.82, 2.24) is 9.97 Å². The Morgan fingerprint density at radius 1 is 1.20 bits per heavy atom. The summed E-state index contributed by atoms with van der Waals surface area (Å²) in [4.78, 5) is 8.08. The van der Waals surface area contributed by atoms with Gasteiger partial charge in [0.25, 0.3) is 0 Å². The molecule has 0 bridgehead atoms. The molecule has 0 aliphatic rings. The topological polar surface area (TPSA) is 73.1 Å². The zero-order chi connectivity index (χ0) is 18.0. The first kappa shape index (κ1) is 17.4. The number of nitrogens with zero attached hydrogens (tertiary/aromatic N) is 2. The Morgan fingerprint density at radius 2 is 2.00 bits per heavy atom. The van der Waals surface area contributed by atoms with Gasteiger partial charge in [0.15, 0.2) is 5.82 Å². The molecule has 0 radical (unpaired) electrons. The summed E-state index contributed by atoms with van der Waals surface area (Å²) in [7, 11) is 0. The molecule has 3 aromatic rings. The molecule has 3 rings (SSSR count). The first-order chi connectivity index (χ1) is 11.9. The quantitative estimate of drug-likeness (QED) is 0.583. The Bertz CT molecular complexity index is 939. The average molecular weight is 424 g/mol. The minimum absolute atomic E-state index is 0.164. The van der Waals surface area contributed by atoms with E-state index in [2.05, 4.69) is 31.2 Å². The second kappa shape index (κ2) is 7.25. The number of hydrogen-bond acceptors (Lipinski definition) is 5. The second-order valence-electron chi connectivity index (χ2n) is 5.20. The maximum atomic E-state index is 14.0. The van der Waals surface area contributed by atoms with Crippen LogP contribution in [-0.2, 0) is 0 Å². The molecule has 128 valence electrons. The van der Waals surface area contributed by atoms with Crippen LogP contribution in [-0.4, -0.2) is 9.97 Å². The highest BCUT2D eigenvalue weighted by molar-refractivity contribution is 9.10. The normalized spacial score (nSPS) is 10.6. The van der Waals surface area contributed by atoms with Crippen LogP contribution >= 0.6 is 27.5 Å². The number of nitrogens with two attached hydrogens (primary N) is 1. The van der Waals surface area contributed by atoms with Crippen LogP contribution in [0.5, 0.6) is 11.6 Å². The number of rotatable bonds is 4. The summed E-state index contributed by atoms with van der Waals surface area (Å²) in [6, 6.07) is 9.82. The minimum atomic E-state index is -0.441. The lowest BCUT2D eigenvalue weighted by Gasteiger charge is -2.12. The maximum absolute atomic E-state index is 14.0. The van der Waals surface area contributed by atoms with E-state index in [1.54, 1.807) is 30.3 Å². The third-order valence-electron chi connectivity index (χ3n) is 3.38. The van der Waals surface area contributed by atoms with Gasteiger partial charge < -0.3 is 15.8 Å². The number of benzene rings is 2. The molecule has 5 nitrogen and oxygen atoms in total. The fraction of sp³-hybridized carbons (Fsp3) is 0.0588. The molecule has 8 heteroatoms. The number of hydrogen-bond donors (Lipinski definition) is 2. The van der Waals surface area contributed by atoms with E-state index in [1.165, 1.54) is 12.4 Å². The monoisotopic (exact) mass is 422 g/mol. The van der Waals surface area contributed by atoms with Crippen LogP contribution in [0.2, 0.25) is 5.02 Å². The molecule has 0 unspecified atom stereocenters. The SMILES string of the molecule is Cc1cc(Oc2ncnc(Nc3ccc(Br)cc3F)c2N)ccc1Cl. The van der Waals surface area contributed by atoms with E-state index in [1.807, 2.05) is 6.92 Å². The number of nitrogens with one attached hydrogen (secondary N) is 1. The van der Waals surface area contributed by atoms with Crippen molar-refractivity contribution in [3.05, 3.63) is 63.6 Å². The molecular weight excluding hydrogens is 411 g/mol. The van der Waals surface area contributed by atoms with E-state index in [9.17, 15) is 4.39 Å². The number of nitrogen functional groups attached to an aromatic ring is 1. The van der Waals surface area contributed by atoms with Crippen LogP contribution in [0.1, 0.15) is 5.56 Å². The first-order valence-corrected chi connectivity index (χ1v) is 8.37. The van der Waals surface area contributed by atoms with E-state index in [0.717, 1.165) is 5.56 Å². The van der Waals surface area contributed by atoms with E-state index in [-0.39, 0.29) is 23.1 Å². The molecule has 1 heterocycles. The van der Waals surface area contributed by atoms with Crippen LogP contribution in [0.3, 0.4) is 0 Å². The highest BCUT2D eigenvalue weighted by Gasteiger charge is 2.13. The maximum Gasteiger partial charge on any atom is 0.248 e. The molecule has 2 aromatic carbocycles. The van der Waals surface area contributed by atoms with Crippen molar-refractivity contribution in [3.8, 4) is 11.6 Å². The Kier molecular flexibility index (Phi) is 5.06. The van der Waals surface area contributed by atoms with Gasteiger partial charge in [0.05, 0.1) is 5.69 Å². The van der Waals surface area contributed by atoms with E-state index >= 15 is 0 Å². The van der Waals surface area contributed by atoms with Crippen molar-refractivity contribution in [2.24, 2.45) is 0 Å². The Morgan fingerprint density at radius 3 is 2.72 bits per heavy atom. The minimum Gasteiger partial charge on any atom is -0.437 e. The zero-order valence-corrected chi connectivity index (χ0v) is 15.4. The van der Waals surface area contributed by atoms with Crippen molar-refractivity contribution >= 4 is 44.7 Å². The van der Waals surface area contributed by atoms with E-state index in [4.69, 9.17) is 22.1 Å². The Hall–Kier alpha value is -2.38. The highest BCUT2D eigenvalue weighted by atomic mass is 79.9. The van der Waals surface area contributed by atoms with Gasteiger partial charge in [-0.25, -0.2) is 9.37 Å². The summed E-state index contributed by atoms with van der Waals surface area (Å²) in [5, 5.41) is 3.48. The van der Waals surface area contributed by atoms with Gasteiger partial charge in [0, 0.05) is 9.50 Å². The van der Waals surface area contributed by atoms with Crippen LogP contribution in [0, 0.1) is 12.7 Å². The van der Waals surface area contributed by atoms with Crippen LogP contribution < -0.4 is 15.8 Å². The zero-order valence-electron chi connectivity index (χ0n) is 13.1. The molecular formula is C17H13BrClFN4O. The van der Waals surface area contributed by atoms with E-state index < -0.39 is 5.82 Å². The van der Waals surface area contributed by atoms with Gasteiger partial charge in [0.1, 0.15) is 23.6 Å². The van der Waals surface area contributed by atoms with Gasteiger partial charge in [-0.15, -0.1) is 0 Å². The third kappa shape index (κ3) is 4.00. The molecule has 0 fully saturated rings. The van der Waals surface area contributed by atoms with Crippen molar-refractivity contribution in [1.29, 1.82) is 0 Å². The molecule has 0 amide bonds. The van der Waals surface area contributed by atoms with Crippen LogP contribution in [0.4, 0.5) is 21.6 Å². The second-order valence-corrected chi connectivity index (χ2v) is 6.53. The molecule has 0 aliphatic heterocycles. The van der Waals surface area contributed by atoms with Gasteiger partial charge in [-0.3, -0.25) is 0 Å². The molecule has 0 saturated heterocycles. The van der Waals surface area contributed by atoms with Crippen LogP contribution in [0.15, 0.2) is 47.2 Å². The van der Waals surface area contributed by atoms with Gasteiger partial charge in [-0.2, -0.15) is 4.98 Å². The summed E-state index contributed by atoms with van der Waals surface area (Å²) in [5.74, 6) is 0.505. The lowest BCUT2D eigenvalue weighted by atomic mass is 10.2. The van der Waals surface area contributed by atoms with Gasteiger partial charge >= 0.3 is 0 Å². The van der Waals surface area contributed by atoms with Gasteiger partial charge in [-0.1, -0.05) is 27.5 Å². The van der Waals surface area contributed by atoms with Gasteiger partial charge in [-0.05, 0) is 48.9 Å². The summed E-state index contributed by atoms with van der Waals surface area (Å²) in [6.07, 6.45) is 1.29. The van der Waals surface area contributed by atoms with Gasteiger partial charge in [0.2, 0.25) is 5.88 Å². The van der Waals surface area contributed by atoms with Crippen molar-refractivity contribution in [2.45, 2.75) is 6.92 Å². The molecule has 0 saturated carbocycles. The summed E-state index contributed by atoms with van der Waals surface area (Å²) in [6.45, 7) is 1.86. The smallest absolute Gasteiger partial charge is 0.248 e. The summed E-state index contributed by atoms with van der Waals surface area (Å²) in [5.41, 5.74) is 7.32. The lowest BCUT2D eigenvalue weighted by Crippen LogP contribution is -2.04. The predicted molar refractivity (Wildman–Crippen MR) is 100 cm³/mol. The molecule has 0 aliphatic carbocycles. The lowest BCUT2D eigenvalue weighted by molar-refractivity contribution is 0.464. The Balaban J connectivity index is 1.87. The standard InChI is InChI=1S/C17H13BrClFN4O/c1-9-6-11(3-4-12(9)19)25-17-15(21)16(22-8-23-17)24-14-5-2-10(18)7-13(14)20/h2-8H,21H2,1H3,(H,22,23,24). The number of aryl methyl sites for hydroxylation is 1. The van der Waals surface area contributed by atoms with Crippen molar-refractivity contribution < 1.29 is 9.13 Å². The number of halogens is 3. The molecule has 0 spiro atoms. The first-order valence-electron chi connectivity index (χ1n) is 7.20. The molecule has 1 aromatic heterocycles. The van der Waals surface area contributed by atoms with Crippen LogP contribution in [0.25, 0.3) is 0 Å². The van der Waals surface area contributed by atoms with Crippen molar-refractivity contribution in [3.63, 3.8) is 0 Å². The Labute approximate surface area is 157 Å².